The van der Waals surface area contributed by atoms with Crippen LogP contribution in [-0.2, 0) is 21.0 Å². The highest BCUT2D eigenvalue weighted by Gasteiger charge is 2.31. The summed E-state index contributed by atoms with van der Waals surface area (Å²) in [7, 11) is -3.89. The van der Waals surface area contributed by atoms with Gasteiger partial charge in [-0.15, -0.1) is 0 Å². The normalized spacial score (nSPS) is 13.1. The maximum Gasteiger partial charge on any atom is 0.416 e. The molecule has 0 aliphatic rings. The summed E-state index contributed by atoms with van der Waals surface area (Å²) in [5.41, 5.74) is 3.18. The Morgan fingerprint density at radius 3 is 2.07 bits per heavy atom. The Balaban J connectivity index is 2.21. The van der Waals surface area contributed by atoms with Gasteiger partial charge < -0.3 is 5.32 Å². The summed E-state index contributed by atoms with van der Waals surface area (Å²) in [6.07, 6.45) is -3.64. The van der Waals surface area contributed by atoms with E-state index in [1.807, 2.05) is 32.9 Å². The summed E-state index contributed by atoms with van der Waals surface area (Å²) in [5.74, 6) is -0.564. The molecule has 0 aliphatic heterocycles. The number of nitrogens with one attached hydrogen (secondary N) is 1. The molecule has 2 aromatic rings. The van der Waals surface area contributed by atoms with E-state index in [-0.39, 0.29) is 11.7 Å². The van der Waals surface area contributed by atoms with Crippen molar-refractivity contribution >= 4 is 21.6 Å². The lowest BCUT2D eigenvalue weighted by molar-refractivity contribution is -0.137. The van der Waals surface area contributed by atoms with Crippen molar-refractivity contribution in [2.75, 3.05) is 17.1 Å². The van der Waals surface area contributed by atoms with Crippen LogP contribution in [-0.4, -0.2) is 27.1 Å². The predicted octanol–water partition coefficient (Wildman–Crippen LogP) is 4.27. The van der Waals surface area contributed by atoms with E-state index >= 15 is 0 Å². The summed E-state index contributed by atoms with van der Waals surface area (Å²) < 4.78 is 63.4. The Bertz CT molecular complexity index is 1030. The van der Waals surface area contributed by atoms with Crippen molar-refractivity contribution < 1.29 is 26.4 Å². The van der Waals surface area contributed by atoms with Crippen molar-refractivity contribution in [3.8, 4) is 0 Å². The molecule has 0 heterocycles. The molecule has 30 heavy (non-hydrogen) atoms. The van der Waals surface area contributed by atoms with Gasteiger partial charge in [-0.25, -0.2) is 8.42 Å². The number of alkyl halides is 3. The lowest BCUT2D eigenvalue weighted by atomic mass is 9.96. The highest BCUT2D eigenvalue weighted by Crippen LogP contribution is 2.31. The fourth-order valence-corrected chi connectivity index (χ4v) is 4.02. The molecule has 0 unspecified atom stereocenters. The lowest BCUT2D eigenvalue weighted by Gasteiger charge is -2.24. The highest BCUT2D eigenvalue weighted by atomic mass is 32.2. The number of anilines is 1. The van der Waals surface area contributed by atoms with E-state index in [0.29, 0.717) is 0 Å². The first-order valence-electron chi connectivity index (χ1n) is 9.22. The van der Waals surface area contributed by atoms with E-state index in [4.69, 9.17) is 0 Å². The number of aryl methyl sites for hydroxylation is 3. The molecule has 0 bridgehead atoms. The van der Waals surface area contributed by atoms with Crippen LogP contribution in [0.5, 0.6) is 0 Å². The molecular formula is C21H25F3N2O3S. The number of hydrogen-bond acceptors (Lipinski definition) is 3. The summed E-state index contributed by atoms with van der Waals surface area (Å²) >= 11 is 0. The second-order valence-corrected chi connectivity index (χ2v) is 9.30. The van der Waals surface area contributed by atoms with Gasteiger partial charge in [0.1, 0.15) is 6.54 Å². The first kappa shape index (κ1) is 23.7. The Hall–Kier alpha value is -2.55. The van der Waals surface area contributed by atoms with E-state index < -0.39 is 34.2 Å². The maximum atomic E-state index is 12.8. The van der Waals surface area contributed by atoms with Gasteiger partial charge in [0.25, 0.3) is 0 Å². The van der Waals surface area contributed by atoms with E-state index in [2.05, 4.69) is 5.32 Å². The van der Waals surface area contributed by atoms with Crippen molar-refractivity contribution in [1.82, 2.24) is 5.32 Å². The number of sulfonamides is 1. The van der Waals surface area contributed by atoms with Crippen LogP contribution in [0, 0.1) is 20.8 Å². The molecule has 1 amide bonds. The van der Waals surface area contributed by atoms with Crippen LogP contribution in [0.25, 0.3) is 0 Å². The van der Waals surface area contributed by atoms with Gasteiger partial charge in [0, 0.05) is 0 Å². The zero-order valence-corrected chi connectivity index (χ0v) is 18.3. The van der Waals surface area contributed by atoms with E-state index in [9.17, 15) is 26.4 Å². The molecule has 0 aliphatic carbocycles. The highest BCUT2D eigenvalue weighted by molar-refractivity contribution is 7.92. The van der Waals surface area contributed by atoms with Crippen molar-refractivity contribution in [1.29, 1.82) is 0 Å². The van der Waals surface area contributed by atoms with Gasteiger partial charge in [0.2, 0.25) is 15.9 Å². The van der Waals surface area contributed by atoms with E-state index in [1.54, 1.807) is 6.92 Å². The molecule has 0 saturated heterocycles. The number of carbonyl (C=O) groups excluding carboxylic acids is 1. The topological polar surface area (TPSA) is 66.5 Å². The molecule has 164 valence electrons. The average molecular weight is 443 g/mol. The van der Waals surface area contributed by atoms with Gasteiger partial charge in [-0.3, -0.25) is 9.10 Å². The largest absolute Gasteiger partial charge is 0.416 e. The number of benzene rings is 2. The van der Waals surface area contributed by atoms with Crippen molar-refractivity contribution in [3.63, 3.8) is 0 Å². The summed E-state index contributed by atoms with van der Waals surface area (Å²) in [6.45, 7) is 7.12. The Kier molecular flexibility index (Phi) is 6.86. The number of carbonyl (C=O) groups is 1. The Morgan fingerprint density at radius 2 is 1.57 bits per heavy atom. The van der Waals surface area contributed by atoms with Crippen LogP contribution in [0.1, 0.15) is 40.8 Å². The van der Waals surface area contributed by atoms with Gasteiger partial charge in [0.05, 0.1) is 23.5 Å². The minimum absolute atomic E-state index is 0.0179. The number of hydrogen-bond donors (Lipinski definition) is 1. The molecular weight excluding hydrogens is 417 g/mol. The SMILES string of the molecule is Cc1cc(C)c([C@@H](C)NC(=O)CN(c2ccc(C(F)(F)F)cc2)S(C)(=O)=O)cc1C. The summed E-state index contributed by atoms with van der Waals surface area (Å²) in [6, 6.07) is 7.25. The fraction of sp³-hybridized carbons (Fsp3) is 0.381. The van der Waals surface area contributed by atoms with Crippen LogP contribution in [0.2, 0.25) is 0 Å². The molecule has 0 spiro atoms. The minimum Gasteiger partial charge on any atom is -0.348 e. The molecule has 5 nitrogen and oxygen atoms in total. The summed E-state index contributed by atoms with van der Waals surface area (Å²) in [4.78, 5) is 12.5. The smallest absolute Gasteiger partial charge is 0.348 e. The first-order chi connectivity index (χ1) is 13.7. The van der Waals surface area contributed by atoms with Gasteiger partial charge in [-0.05, 0) is 74.2 Å². The van der Waals surface area contributed by atoms with Crippen molar-refractivity contribution in [2.24, 2.45) is 0 Å². The van der Waals surface area contributed by atoms with Crippen LogP contribution < -0.4 is 9.62 Å². The number of nitrogens with zero attached hydrogens (tertiary/aromatic N) is 1. The fourth-order valence-electron chi connectivity index (χ4n) is 3.16. The van der Waals surface area contributed by atoms with Crippen molar-refractivity contribution in [3.05, 3.63) is 64.2 Å². The molecule has 0 aromatic heterocycles. The lowest BCUT2D eigenvalue weighted by Crippen LogP contribution is -2.41. The van der Waals surface area contributed by atoms with Gasteiger partial charge in [0.15, 0.2) is 0 Å². The maximum absolute atomic E-state index is 12.8. The van der Waals surface area contributed by atoms with Crippen LogP contribution in [0.4, 0.5) is 18.9 Å². The second kappa shape index (κ2) is 8.67. The zero-order valence-electron chi connectivity index (χ0n) is 17.5. The zero-order chi connectivity index (χ0) is 22.9. The van der Waals surface area contributed by atoms with Crippen molar-refractivity contribution in [2.45, 2.75) is 39.9 Å². The predicted molar refractivity (Wildman–Crippen MR) is 111 cm³/mol. The molecule has 0 radical (unpaired) electrons. The third-order valence-electron chi connectivity index (χ3n) is 4.90. The number of amides is 1. The van der Waals surface area contributed by atoms with Crippen LogP contribution >= 0.6 is 0 Å². The molecule has 1 atom stereocenters. The van der Waals surface area contributed by atoms with Gasteiger partial charge in [-0.1, -0.05) is 12.1 Å². The number of rotatable bonds is 6. The molecule has 2 rings (SSSR count). The van der Waals surface area contributed by atoms with Crippen LogP contribution in [0.15, 0.2) is 36.4 Å². The average Bonchev–Trinajstić information content (AvgIpc) is 2.61. The first-order valence-corrected chi connectivity index (χ1v) is 11.1. The molecule has 9 heteroatoms. The minimum atomic E-state index is -4.54. The third kappa shape index (κ3) is 5.75. The van der Waals surface area contributed by atoms with Gasteiger partial charge >= 0.3 is 6.18 Å². The van der Waals surface area contributed by atoms with Crippen LogP contribution in [0.3, 0.4) is 0 Å². The number of halogens is 3. The Labute approximate surface area is 175 Å². The molecule has 1 N–H and O–H groups in total. The second-order valence-electron chi connectivity index (χ2n) is 7.40. The molecule has 2 aromatic carbocycles. The molecule has 0 saturated carbocycles. The van der Waals surface area contributed by atoms with E-state index in [0.717, 1.165) is 57.1 Å². The molecule has 0 fully saturated rings. The van der Waals surface area contributed by atoms with E-state index in [1.165, 1.54) is 0 Å². The Morgan fingerprint density at radius 1 is 1.03 bits per heavy atom. The third-order valence-corrected chi connectivity index (χ3v) is 6.04. The summed E-state index contributed by atoms with van der Waals surface area (Å²) in [5, 5.41) is 2.77. The monoisotopic (exact) mass is 442 g/mol. The standard InChI is InChI=1S/C21H25F3N2O3S/c1-13-10-15(3)19(11-14(13)2)16(4)25-20(27)12-26(30(5,28)29)18-8-6-17(7-9-18)21(22,23)24/h6-11,16H,12H2,1-5H3,(H,25,27)/t16-/m1/s1. The quantitative estimate of drug-likeness (QED) is 0.727. The van der Waals surface area contributed by atoms with Gasteiger partial charge in [-0.2, -0.15) is 13.2 Å².